The summed E-state index contributed by atoms with van der Waals surface area (Å²) >= 11 is 0. The van der Waals surface area contributed by atoms with Gasteiger partial charge < -0.3 is 4.90 Å². The topological polar surface area (TPSA) is 3.24 Å². The smallest absolute Gasteiger partial charge is 0.00183 e. The van der Waals surface area contributed by atoms with Gasteiger partial charge in [-0.25, -0.2) is 0 Å². The van der Waals surface area contributed by atoms with Gasteiger partial charge in [-0.05, 0) is 58.7 Å². The number of allylic oxidation sites excluding steroid dienone is 2. The maximum Gasteiger partial charge on any atom is -0.00183 e. The lowest BCUT2D eigenvalue weighted by atomic mass is 10.2. The van der Waals surface area contributed by atoms with Crippen molar-refractivity contribution in [3.63, 3.8) is 0 Å². The number of rotatable bonds is 5. The molecular formula is C11H21N. The van der Waals surface area contributed by atoms with E-state index < -0.39 is 0 Å². The first kappa shape index (κ1) is 9.79. The minimum atomic E-state index is 1.27. The summed E-state index contributed by atoms with van der Waals surface area (Å²) in [5.41, 5.74) is 0. The van der Waals surface area contributed by atoms with Crippen molar-refractivity contribution in [1.82, 2.24) is 4.90 Å². The number of hydrogen-bond donors (Lipinski definition) is 0. The van der Waals surface area contributed by atoms with Crippen molar-refractivity contribution in [2.75, 3.05) is 19.6 Å². The fourth-order valence-electron chi connectivity index (χ4n) is 1.77. The Bertz CT molecular complexity index is 123. The molecule has 1 aliphatic rings. The third-order valence-electron chi connectivity index (χ3n) is 2.53. The predicted octanol–water partition coefficient (Wildman–Crippen LogP) is 2.83. The molecule has 0 radical (unpaired) electrons. The number of unbranched alkanes of at least 4 members (excludes halogenated alkanes) is 2. The quantitative estimate of drug-likeness (QED) is 0.449. The fourth-order valence-corrected chi connectivity index (χ4v) is 1.77. The van der Waals surface area contributed by atoms with Crippen LogP contribution in [0.5, 0.6) is 0 Å². The first-order valence-corrected chi connectivity index (χ1v) is 5.27. The predicted molar refractivity (Wildman–Crippen MR) is 54.3 cm³/mol. The van der Waals surface area contributed by atoms with Crippen LogP contribution in [0.15, 0.2) is 12.2 Å². The monoisotopic (exact) mass is 167 g/mol. The summed E-state index contributed by atoms with van der Waals surface area (Å²) in [7, 11) is 0. The van der Waals surface area contributed by atoms with Crippen LogP contribution in [-0.4, -0.2) is 24.5 Å². The molecule has 1 nitrogen and oxygen atoms in total. The summed E-state index contributed by atoms with van der Waals surface area (Å²) in [4.78, 5) is 2.59. The molecule has 0 atom stereocenters. The maximum atomic E-state index is 2.59. The molecule has 0 spiro atoms. The van der Waals surface area contributed by atoms with Gasteiger partial charge in [0.05, 0.1) is 0 Å². The molecule has 0 unspecified atom stereocenters. The van der Waals surface area contributed by atoms with E-state index in [1.54, 1.807) is 0 Å². The molecule has 0 aromatic heterocycles. The molecule has 70 valence electrons. The van der Waals surface area contributed by atoms with Crippen LogP contribution in [0.25, 0.3) is 0 Å². The van der Waals surface area contributed by atoms with Crippen molar-refractivity contribution in [2.24, 2.45) is 0 Å². The van der Waals surface area contributed by atoms with E-state index in [1.807, 2.05) is 0 Å². The van der Waals surface area contributed by atoms with Gasteiger partial charge in [0, 0.05) is 0 Å². The lowest BCUT2D eigenvalue weighted by Crippen LogP contribution is -2.20. The van der Waals surface area contributed by atoms with Crippen molar-refractivity contribution in [2.45, 2.75) is 39.0 Å². The molecule has 1 fully saturated rings. The largest absolute Gasteiger partial charge is 0.303 e. The Morgan fingerprint density at radius 1 is 1.17 bits per heavy atom. The number of likely N-dealkylation sites (tertiary alicyclic amines) is 1. The van der Waals surface area contributed by atoms with E-state index in [0.717, 1.165) is 0 Å². The van der Waals surface area contributed by atoms with E-state index in [2.05, 4.69) is 24.0 Å². The summed E-state index contributed by atoms with van der Waals surface area (Å²) in [6.07, 6.45) is 11.3. The Balaban J connectivity index is 1.87. The molecular weight excluding hydrogens is 146 g/mol. The third kappa shape index (κ3) is 3.91. The normalized spacial score (nSPS) is 19.4. The Hall–Kier alpha value is -0.300. The molecule has 0 N–H and O–H groups in total. The average molecular weight is 167 g/mol. The van der Waals surface area contributed by atoms with Gasteiger partial charge in [0.1, 0.15) is 0 Å². The van der Waals surface area contributed by atoms with E-state index in [1.165, 1.54) is 51.7 Å². The molecule has 0 aliphatic carbocycles. The Labute approximate surface area is 76.5 Å². The summed E-state index contributed by atoms with van der Waals surface area (Å²) in [5.74, 6) is 0. The highest BCUT2D eigenvalue weighted by atomic mass is 15.1. The summed E-state index contributed by atoms with van der Waals surface area (Å²) in [5, 5.41) is 0. The van der Waals surface area contributed by atoms with Gasteiger partial charge in [-0.2, -0.15) is 0 Å². The van der Waals surface area contributed by atoms with Crippen molar-refractivity contribution < 1.29 is 0 Å². The second-order valence-corrected chi connectivity index (χ2v) is 3.61. The van der Waals surface area contributed by atoms with Gasteiger partial charge in [-0.3, -0.25) is 0 Å². The minimum absolute atomic E-state index is 1.27. The summed E-state index contributed by atoms with van der Waals surface area (Å²) in [6.45, 7) is 6.13. The van der Waals surface area contributed by atoms with Crippen LogP contribution in [0.2, 0.25) is 0 Å². The van der Waals surface area contributed by atoms with E-state index >= 15 is 0 Å². The standard InChI is InChI=1S/C11H21N/c1-2-3-4-5-6-9-12-10-7-8-11-12/h2-3H,4-11H2,1H3/b3-2-. The summed E-state index contributed by atoms with van der Waals surface area (Å²) in [6, 6.07) is 0. The first-order valence-electron chi connectivity index (χ1n) is 5.27. The molecule has 0 saturated carbocycles. The third-order valence-corrected chi connectivity index (χ3v) is 2.53. The van der Waals surface area contributed by atoms with Crippen LogP contribution in [0.3, 0.4) is 0 Å². The van der Waals surface area contributed by atoms with Gasteiger partial charge in [0.25, 0.3) is 0 Å². The van der Waals surface area contributed by atoms with Gasteiger partial charge in [-0.1, -0.05) is 12.2 Å². The van der Waals surface area contributed by atoms with Gasteiger partial charge in [-0.15, -0.1) is 0 Å². The Morgan fingerprint density at radius 3 is 2.58 bits per heavy atom. The highest BCUT2D eigenvalue weighted by Gasteiger charge is 2.09. The molecule has 0 aromatic carbocycles. The number of nitrogens with zero attached hydrogens (tertiary/aromatic N) is 1. The molecule has 0 aromatic rings. The minimum Gasteiger partial charge on any atom is -0.303 e. The molecule has 1 heteroatoms. The van der Waals surface area contributed by atoms with Crippen LogP contribution in [0.4, 0.5) is 0 Å². The highest BCUT2D eigenvalue weighted by molar-refractivity contribution is 4.76. The maximum absolute atomic E-state index is 2.59. The SMILES string of the molecule is C/C=C\CCCCN1CCCC1. The lowest BCUT2D eigenvalue weighted by Gasteiger charge is -2.13. The van der Waals surface area contributed by atoms with Crippen molar-refractivity contribution in [3.8, 4) is 0 Å². The Kier molecular flexibility index (Phi) is 5.09. The molecule has 0 amide bonds. The van der Waals surface area contributed by atoms with Gasteiger partial charge in [0.15, 0.2) is 0 Å². The molecule has 1 heterocycles. The second-order valence-electron chi connectivity index (χ2n) is 3.61. The van der Waals surface area contributed by atoms with Gasteiger partial charge >= 0.3 is 0 Å². The lowest BCUT2D eigenvalue weighted by molar-refractivity contribution is 0.330. The van der Waals surface area contributed by atoms with Crippen LogP contribution in [0, 0.1) is 0 Å². The molecule has 1 saturated heterocycles. The van der Waals surface area contributed by atoms with E-state index in [-0.39, 0.29) is 0 Å². The highest BCUT2D eigenvalue weighted by Crippen LogP contribution is 2.08. The Morgan fingerprint density at radius 2 is 1.92 bits per heavy atom. The zero-order chi connectivity index (χ0) is 8.65. The molecule has 1 aliphatic heterocycles. The van der Waals surface area contributed by atoms with Crippen LogP contribution >= 0.6 is 0 Å². The van der Waals surface area contributed by atoms with Crippen molar-refractivity contribution >= 4 is 0 Å². The van der Waals surface area contributed by atoms with E-state index in [9.17, 15) is 0 Å². The van der Waals surface area contributed by atoms with Crippen LogP contribution in [-0.2, 0) is 0 Å². The zero-order valence-electron chi connectivity index (χ0n) is 8.26. The first-order chi connectivity index (χ1) is 5.93. The van der Waals surface area contributed by atoms with E-state index in [4.69, 9.17) is 0 Å². The van der Waals surface area contributed by atoms with Crippen LogP contribution in [0.1, 0.15) is 39.0 Å². The molecule has 1 rings (SSSR count). The van der Waals surface area contributed by atoms with Crippen molar-refractivity contribution in [1.29, 1.82) is 0 Å². The van der Waals surface area contributed by atoms with Crippen molar-refractivity contribution in [3.05, 3.63) is 12.2 Å². The van der Waals surface area contributed by atoms with E-state index in [0.29, 0.717) is 0 Å². The number of hydrogen-bond acceptors (Lipinski definition) is 1. The summed E-state index contributed by atoms with van der Waals surface area (Å²) < 4.78 is 0. The average Bonchev–Trinajstić information content (AvgIpc) is 2.57. The van der Waals surface area contributed by atoms with Crippen LogP contribution < -0.4 is 0 Å². The molecule has 12 heavy (non-hydrogen) atoms. The zero-order valence-corrected chi connectivity index (χ0v) is 8.26. The fraction of sp³-hybridized carbons (Fsp3) is 0.818. The molecule has 0 bridgehead atoms. The van der Waals surface area contributed by atoms with Gasteiger partial charge in [0.2, 0.25) is 0 Å². The second kappa shape index (κ2) is 6.24.